The summed E-state index contributed by atoms with van der Waals surface area (Å²) in [6, 6.07) is 1.59. The van der Waals surface area contributed by atoms with Crippen molar-refractivity contribution in [3.63, 3.8) is 0 Å². The predicted octanol–water partition coefficient (Wildman–Crippen LogP) is 1.12. The third-order valence-corrected chi connectivity index (χ3v) is 4.95. The van der Waals surface area contributed by atoms with Crippen molar-refractivity contribution in [1.29, 1.82) is 0 Å². The summed E-state index contributed by atoms with van der Waals surface area (Å²) in [5, 5.41) is 4.20. The molecule has 0 radical (unpaired) electrons. The van der Waals surface area contributed by atoms with Crippen LogP contribution in [0, 0.1) is 5.92 Å². The molecule has 0 N–H and O–H groups in total. The van der Waals surface area contributed by atoms with Crippen molar-refractivity contribution < 1.29 is 9.53 Å². The van der Waals surface area contributed by atoms with E-state index in [4.69, 9.17) is 4.74 Å². The summed E-state index contributed by atoms with van der Waals surface area (Å²) in [6.45, 7) is 6.97. The van der Waals surface area contributed by atoms with Crippen LogP contribution < -0.4 is 10.5 Å². The number of carbonyl (C=O) groups is 1. The molecule has 2 aliphatic rings. The highest BCUT2D eigenvalue weighted by molar-refractivity contribution is 5.76. The number of anilines is 1. The van der Waals surface area contributed by atoms with Crippen molar-refractivity contribution in [3.8, 4) is 0 Å². The fourth-order valence-corrected chi connectivity index (χ4v) is 3.51. The van der Waals surface area contributed by atoms with E-state index >= 15 is 0 Å². The molecule has 7 nitrogen and oxygen atoms in total. The topological polar surface area (TPSA) is 67.7 Å². The second kappa shape index (κ2) is 8.47. The molecule has 0 aromatic carbocycles. The van der Waals surface area contributed by atoms with Gasteiger partial charge in [-0.15, -0.1) is 0 Å². The Morgan fingerprint density at radius 2 is 2.12 bits per heavy atom. The van der Waals surface area contributed by atoms with Crippen LogP contribution in [0.2, 0.25) is 0 Å². The molecule has 1 atom stereocenters. The molecule has 0 bridgehead atoms. The average Bonchev–Trinajstić information content (AvgIpc) is 3.28. The summed E-state index contributed by atoms with van der Waals surface area (Å²) in [5.74, 6) is 0.360. The smallest absolute Gasteiger partial charge is 0.269 e. The third kappa shape index (κ3) is 4.60. The summed E-state index contributed by atoms with van der Waals surface area (Å²) >= 11 is 0. The zero-order chi connectivity index (χ0) is 17.6. The first-order chi connectivity index (χ1) is 12.2. The molecule has 1 amide bonds. The highest BCUT2D eigenvalue weighted by atomic mass is 16.5. The molecule has 0 spiro atoms. The van der Waals surface area contributed by atoms with Gasteiger partial charge in [0.05, 0.1) is 18.5 Å². The summed E-state index contributed by atoms with van der Waals surface area (Å²) in [5.41, 5.74) is 0.653. The van der Waals surface area contributed by atoms with E-state index < -0.39 is 0 Å². The quantitative estimate of drug-likeness (QED) is 0.691. The van der Waals surface area contributed by atoms with Gasteiger partial charge < -0.3 is 14.5 Å². The van der Waals surface area contributed by atoms with Crippen LogP contribution in [0.5, 0.6) is 0 Å². The number of likely N-dealkylation sites (tertiary alicyclic amines) is 1. The normalized spacial score (nSPS) is 20.4. The molecule has 2 aliphatic heterocycles. The Hall–Kier alpha value is -1.89. The maximum atomic E-state index is 12.5. The average molecular weight is 348 g/mol. The fraction of sp³-hybridized carbons (Fsp3) is 0.722. The molecule has 2 fully saturated rings. The van der Waals surface area contributed by atoms with Crippen molar-refractivity contribution in [2.75, 3.05) is 44.3 Å². The molecule has 0 saturated carbocycles. The lowest BCUT2D eigenvalue weighted by Gasteiger charge is -2.19. The van der Waals surface area contributed by atoms with Gasteiger partial charge in [-0.25, -0.2) is 4.68 Å². The summed E-state index contributed by atoms with van der Waals surface area (Å²) in [4.78, 5) is 28.7. The standard InChI is InChI=1S/C18H28N4O3/c1-2-9-25-14-15-5-8-21(12-15)18(24)13-22-17(23)10-16(11-19-22)20-6-3-4-7-20/h10-11,15H,2-9,12-14H2,1H3/t15-/m1/s1. The Balaban J connectivity index is 1.53. The monoisotopic (exact) mass is 348 g/mol. The number of rotatable bonds is 7. The van der Waals surface area contributed by atoms with Gasteiger partial charge in [0, 0.05) is 44.8 Å². The van der Waals surface area contributed by atoms with Crippen molar-refractivity contribution in [3.05, 3.63) is 22.6 Å². The van der Waals surface area contributed by atoms with Crippen LogP contribution in [0.3, 0.4) is 0 Å². The molecular weight excluding hydrogens is 320 g/mol. The SMILES string of the molecule is CCCOC[C@@H]1CCN(C(=O)Cn2ncc(N3CCCC3)cc2=O)C1. The molecular formula is C18H28N4O3. The zero-order valence-electron chi connectivity index (χ0n) is 15.0. The van der Waals surface area contributed by atoms with E-state index in [1.54, 1.807) is 12.3 Å². The van der Waals surface area contributed by atoms with E-state index in [0.29, 0.717) is 19.1 Å². The summed E-state index contributed by atoms with van der Waals surface area (Å²) in [7, 11) is 0. The van der Waals surface area contributed by atoms with Gasteiger partial charge in [0.25, 0.3) is 5.56 Å². The van der Waals surface area contributed by atoms with Crippen LogP contribution in [0.4, 0.5) is 5.69 Å². The lowest BCUT2D eigenvalue weighted by atomic mass is 10.1. The van der Waals surface area contributed by atoms with Crippen LogP contribution in [-0.4, -0.2) is 60.0 Å². The first-order valence-electron chi connectivity index (χ1n) is 9.35. The largest absolute Gasteiger partial charge is 0.381 e. The summed E-state index contributed by atoms with van der Waals surface area (Å²) < 4.78 is 6.85. The number of hydrogen-bond donors (Lipinski definition) is 0. The van der Waals surface area contributed by atoms with Crippen molar-refractivity contribution in [2.45, 2.75) is 39.2 Å². The second-order valence-corrected chi connectivity index (χ2v) is 6.97. The number of amides is 1. The lowest BCUT2D eigenvalue weighted by Crippen LogP contribution is -2.36. The van der Waals surface area contributed by atoms with E-state index in [1.807, 2.05) is 4.90 Å². The maximum Gasteiger partial charge on any atom is 0.269 e. The summed E-state index contributed by atoms with van der Waals surface area (Å²) in [6.07, 6.45) is 5.98. The van der Waals surface area contributed by atoms with Gasteiger partial charge in [-0.1, -0.05) is 6.92 Å². The third-order valence-electron chi connectivity index (χ3n) is 4.95. The van der Waals surface area contributed by atoms with E-state index in [0.717, 1.165) is 57.6 Å². The maximum absolute atomic E-state index is 12.5. The number of carbonyl (C=O) groups excluding carboxylic acids is 1. The van der Waals surface area contributed by atoms with Gasteiger partial charge in [0.15, 0.2) is 0 Å². The Bertz CT molecular complexity index is 639. The second-order valence-electron chi connectivity index (χ2n) is 6.97. The molecule has 0 unspecified atom stereocenters. The minimum absolute atomic E-state index is 0.0155. The van der Waals surface area contributed by atoms with E-state index in [-0.39, 0.29) is 18.0 Å². The van der Waals surface area contributed by atoms with E-state index in [2.05, 4.69) is 16.9 Å². The van der Waals surface area contributed by atoms with Crippen LogP contribution in [0.15, 0.2) is 17.1 Å². The van der Waals surface area contributed by atoms with Crippen molar-refractivity contribution in [1.82, 2.24) is 14.7 Å². The molecule has 25 heavy (non-hydrogen) atoms. The van der Waals surface area contributed by atoms with Crippen LogP contribution >= 0.6 is 0 Å². The number of aromatic nitrogens is 2. The first kappa shape index (κ1) is 17.9. The predicted molar refractivity (Wildman–Crippen MR) is 95.7 cm³/mol. The molecule has 138 valence electrons. The Labute approximate surface area is 148 Å². The van der Waals surface area contributed by atoms with E-state index in [1.165, 1.54) is 4.68 Å². The molecule has 1 aromatic heterocycles. The lowest BCUT2D eigenvalue weighted by molar-refractivity contribution is -0.131. The molecule has 2 saturated heterocycles. The van der Waals surface area contributed by atoms with Gasteiger partial charge >= 0.3 is 0 Å². The molecule has 0 aliphatic carbocycles. The number of nitrogens with zero attached hydrogens (tertiary/aromatic N) is 4. The first-order valence-corrected chi connectivity index (χ1v) is 9.35. The minimum atomic E-state index is -0.209. The highest BCUT2D eigenvalue weighted by Gasteiger charge is 2.26. The van der Waals surface area contributed by atoms with Gasteiger partial charge in [-0.3, -0.25) is 9.59 Å². The minimum Gasteiger partial charge on any atom is -0.381 e. The molecule has 3 rings (SSSR count). The van der Waals surface area contributed by atoms with Gasteiger partial charge in [0.2, 0.25) is 5.91 Å². The van der Waals surface area contributed by atoms with Crippen LogP contribution in [-0.2, 0) is 16.1 Å². The van der Waals surface area contributed by atoms with Crippen molar-refractivity contribution >= 4 is 11.6 Å². The molecule has 7 heteroatoms. The zero-order valence-corrected chi connectivity index (χ0v) is 15.0. The van der Waals surface area contributed by atoms with Crippen LogP contribution in [0.25, 0.3) is 0 Å². The fourth-order valence-electron chi connectivity index (χ4n) is 3.51. The number of hydrogen-bond acceptors (Lipinski definition) is 5. The number of ether oxygens (including phenoxy) is 1. The van der Waals surface area contributed by atoms with Gasteiger partial charge in [-0.2, -0.15) is 5.10 Å². The van der Waals surface area contributed by atoms with Gasteiger partial charge in [-0.05, 0) is 25.7 Å². The molecule has 3 heterocycles. The Morgan fingerprint density at radius 1 is 1.32 bits per heavy atom. The Morgan fingerprint density at radius 3 is 2.84 bits per heavy atom. The van der Waals surface area contributed by atoms with Crippen LogP contribution in [0.1, 0.15) is 32.6 Å². The van der Waals surface area contributed by atoms with E-state index in [9.17, 15) is 9.59 Å². The van der Waals surface area contributed by atoms with Crippen molar-refractivity contribution in [2.24, 2.45) is 5.92 Å². The molecule has 1 aromatic rings. The Kier molecular flexibility index (Phi) is 6.07. The highest BCUT2D eigenvalue weighted by Crippen LogP contribution is 2.18. The van der Waals surface area contributed by atoms with Gasteiger partial charge in [0.1, 0.15) is 6.54 Å².